The number of aliphatic imine (C=N–C) groups is 1. The summed E-state index contributed by atoms with van der Waals surface area (Å²) in [6.45, 7) is 6.10. The van der Waals surface area contributed by atoms with Crippen LogP contribution >= 0.6 is 11.3 Å². The van der Waals surface area contributed by atoms with E-state index in [1.807, 2.05) is 29.5 Å². The molecule has 1 atom stereocenters. The minimum Gasteiger partial charge on any atom is -0.481 e. The predicted molar refractivity (Wildman–Crippen MR) is 116 cm³/mol. The molecule has 1 fully saturated rings. The molecule has 3 rings (SSSR count). The van der Waals surface area contributed by atoms with E-state index in [0.29, 0.717) is 18.5 Å². The first kappa shape index (κ1) is 20.6. The Labute approximate surface area is 172 Å². The number of pyridine rings is 1. The fourth-order valence-corrected chi connectivity index (χ4v) is 4.35. The van der Waals surface area contributed by atoms with Crippen molar-refractivity contribution in [3.63, 3.8) is 0 Å². The van der Waals surface area contributed by atoms with Crippen molar-refractivity contribution in [2.45, 2.75) is 32.4 Å². The summed E-state index contributed by atoms with van der Waals surface area (Å²) in [6, 6.07) is 10.5. The van der Waals surface area contributed by atoms with Crippen LogP contribution < -0.4 is 15.4 Å². The van der Waals surface area contributed by atoms with Crippen molar-refractivity contribution < 1.29 is 4.74 Å². The molecular formula is C21H31N5OS. The number of aromatic nitrogens is 1. The van der Waals surface area contributed by atoms with E-state index in [-0.39, 0.29) is 0 Å². The first-order chi connectivity index (χ1) is 13.7. The fraction of sp³-hybridized carbons (Fsp3) is 0.524. The maximum Gasteiger partial charge on any atom is 0.213 e. The standard InChI is InChI=1S/C21H31N5OS/c1-16-9-11-26(12-10-16)18(19-7-5-13-28-19)15-24-21(22-2)23-14-17-6-4-8-20(25-17)27-3/h4-8,13,16,18H,9-12,14-15H2,1-3H3,(H2,22,23,24). The molecule has 3 heterocycles. The molecule has 0 spiro atoms. The van der Waals surface area contributed by atoms with Crippen LogP contribution in [0.4, 0.5) is 0 Å². The monoisotopic (exact) mass is 401 g/mol. The van der Waals surface area contributed by atoms with Crippen molar-refractivity contribution in [1.82, 2.24) is 20.5 Å². The van der Waals surface area contributed by atoms with Gasteiger partial charge in [0.2, 0.25) is 5.88 Å². The molecule has 0 radical (unpaired) electrons. The SMILES string of the molecule is CN=C(NCc1cccc(OC)n1)NCC(c1cccs1)N1CCC(C)CC1. The van der Waals surface area contributed by atoms with Crippen molar-refractivity contribution in [2.24, 2.45) is 10.9 Å². The molecule has 152 valence electrons. The summed E-state index contributed by atoms with van der Waals surface area (Å²) in [4.78, 5) is 12.8. The topological polar surface area (TPSA) is 61.8 Å². The Morgan fingerprint density at radius 2 is 2.11 bits per heavy atom. The lowest BCUT2D eigenvalue weighted by molar-refractivity contribution is 0.140. The molecule has 2 aromatic heterocycles. The highest BCUT2D eigenvalue weighted by molar-refractivity contribution is 7.10. The van der Waals surface area contributed by atoms with E-state index in [0.717, 1.165) is 37.2 Å². The Kier molecular flexibility index (Phi) is 7.68. The highest BCUT2D eigenvalue weighted by atomic mass is 32.1. The molecule has 0 aliphatic carbocycles. The molecule has 28 heavy (non-hydrogen) atoms. The van der Waals surface area contributed by atoms with Crippen LogP contribution in [0.5, 0.6) is 5.88 Å². The Morgan fingerprint density at radius 3 is 2.79 bits per heavy atom. The predicted octanol–water partition coefficient (Wildman–Crippen LogP) is 3.29. The number of nitrogens with zero attached hydrogens (tertiary/aromatic N) is 3. The van der Waals surface area contributed by atoms with E-state index in [4.69, 9.17) is 4.74 Å². The fourth-order valence-electron chi connectivity index (χ4n) is 3.49. The van der Waals surface area contributed by atoms with Gasteiger partial charge in [-0.25, -0.2) is 4.98 Å². The van der Waals surface area contributed by atoms with E-state index in [1.54, 1.807) is 14.2 Å². The molecule has 6 nitrogen and oxygen atoms in total. The Balaban J connectivity index is 1.57. The van der Waals surface area contributed by atoms with Crippen molar-refractivity contribution in [3.8, 4) is 5.88 Å². The van der Waals surface area contributed by atoms with Gasteiger partial charge < -0.3 is 15.4 Å². The van der Waals surface area contributed by atoms with Crippen molar-refractivity contribution in [3.05, 3.63) is 46.3 Å². The smallest absolute Gasteiger partial charge is 0.213 e. The van der Waals surface area contributed by atoms with Crippen LogP contribution in [0.25, 0.3) is 0 Å². The average molecular weight is 402 g/mol. The van der Waals surface area contributed by atoms with Crippen LogP contribution in [-0.2, 0) is 6.54 Å². The normalized spacial score (nSPS) is 17.3. The van der Waals surface area contributed by atoms with Gasteiger partial charge in [0.1, 0.15) is 0 Å². The van der Waals surface area contributed by atoms with Gasteiger partial charge in [-0.2, -0.15) is 0 Å². The summed E-state index contributed by atoms with van der Waals surface area (Å²) in [5, 5.41) is 9.03. The molecule has 1 saturated heterocycles. The number of rotatable bonds is 7. The van der Waals surface area contributed by atoms with Crippen molar-refractivity contribution >= 4 is 17.3 Å². The van der Waals surface area contributed by atoms with E-state index >= 15 is 0 Å². The minimum atomic E-state index is 0.376. The Hall–Kier alpha value is -2.12. The lowest BCUT2D eigenvalue weighted by Gasteiger charge is -2.36. The second kappa shape index (κ2) is 10.4. The van der Waals surface area contributed by atoms with E-state index in [1.165, 1.54) is 17.7 Å². The summed E-state index contributed by atoms with van der Waals surface area (Å²) in [7, 11) is 3.43. The van der Waals surface area contributed by atoms with Crippen LogP contribution in [-0.4, -0.2) is 49.6 Å². The first-order valence-corrected chi connectivity index (χ1v) is 10.8. The average Bonchev–Trinajstić information content (AvgIpc) is 3.26. The number of methoxy groups -OCH3 is 1. The number of likely N-dealkylation sites (tertiary alicyclic amines) is 1. The van der Waals surface area contributed by atoms with E-state index in [2.05, 4.69) is 49.9 Å². The van der Waals surface area contributed by atoms with Crippen LogP contribution in [0.1, 0.15) is 36.4 Å². The molecular weight excluding hydrogens is 370 g/mol. The summed E-state index contributed by atoms with van der Waals surface area (Å²) >= 11 is 1.83. The van der Waals surface area contributed by atoms with Gasteiger partial charge >= 0.3 is 0 Å². The maximum atomic E-state index is 5.19. The van der Waals surface area contributed by atoms with Gasteiger partial charge in [0.15, 0.2) is 5.96 Å². The van der Waals surface area contributed by atoms with Crippen molar-refractivity contribution in [1.29, 1.82) is 0 Å². The third-order valence-corrected chi connectivity index (χ3v) is 6.22. The zero-order valence-corrected chi connectivity index (χ0v) is 17.8. The van der Waals surface area contributed by atoms with Gasteiger partial charge in [0.25, 0.3) is 0 Å². The van der Waals surface area contributed by atoms with E-state index < -0.39 is 0 Å². The molecule has 1 aliphatic heterocycles. The molecule has 2 aromatic rings. The number of thiophene rings is 1. The lowest BCUT2D eigenvalue weighted by atomic mass is 9.97. The lowest BCUT2D eigenvalue weighted by Crippen LogP contribution is -2.44. The molecule has 7 heteroatoms. The molecule has 0 saturated carbocycles. The third-order valence-electron chi connectivity index (χ3n) is 5.24. The zero-order chi connectivity index (χ0) is 19.8. The molecule has 1 aliphatic rings. The second-order valence-electron chi connectivity index (χ2n) is 7.23. The maximum absolute atomic E-state index is 5.19. The van der Waals surface area contributed by atoms with Gasteiger partial charge in [-0.1, -0.05) is 19.1 Å². The summed E-state index contributed by atoms with van der Waals surface area (Å²) < 4.78 is 5.19. The summed E-state index contributed by atoms with van der Waals surface area (Å²) in [6.07, 6.45) is 2.55. The molecule has 0 aromatic carbocycles. The van der Waals surface area contributed by atoms with Gasteiger partial charge in [0, 0.05) is 24.5 Å². The highest BCUT2D eigenvalue weighted by Gasteiger charge is 2.25. The second-order valence-corrected chi connectivity index (χ2v) is 8.21. The van der Waals surface area contributed by atoms with Gasteiger partial charge in [-0.05, 0) is 49.4 Å². The molecule has 2 N–H and O–H groups in total. The van der Waals surface area contributed by atoms with E-state index in [9.17, 15) is 0 Å². The highest BCUT2D eigenvalue weighted by Crippen LogP contribution is 2.29. The molecule has 0 bridgehead atoms. The number of hydrogen-bond donors (Lipinski definition) is 2. The van der Waals surface area contributed by atoms with Crippen LogP contribution in [0.2, 0.25) is 0 Å². The van der Waals surface area contributed by atoms with Crippen LogP contribution in [0.15, 0.2) is 40.7 Å². The summed E-state index contributed by atoms with van der Waals surface area (Å²) in [5.74, 6) is 2.24. The first-order valence-electron chi connectivity index (χ1n) is 9.91. The largest absolute Gasteiger partial charge is 0.481 e. The van der Waals surface area contributed by atoms with Crippen LogP contribution in [0.3, 0.4) is 0 Å². The number of hydrogen-bond acceptors (Lipinski definition) is 5. The number of nitrogens with one attached hydrogen (secondary N) is 2. The quantitative estimate of drug-likeness (QED) is 0.551. The Morgan fingerprint density at radius 1 is 1.29 bits per heavy atom. The van der Waals surface area contributed by atoms with Crippen LogP contribution in [0, 0.1) is 5.92 Å². The number of guanidine groups is 1. The number of piperidine rings is 1. The number of ether oxygens (including phenoxy) is 1. The Bertz CT molecular complexity index is 741. The third kappa shape index (κ3) is 5.69. The molecule has 0 amide bonds. The minimum absolute atomic E-state index is 0.376. The van der Waals surface area contributed by atoms with Gasteiger partial charge in [-0.3, -0.25) is 9.89 Å². The summed E-state index contributed by atoms with van der Waals surface area (Å²) in [5.41, 5.74) is 0.919. The zero-order valence-electron chi connectivity index (χ0n) is 17.0. The van der Waals surface area contributed by atoms with Gasteiger partial charge in [-0.15, -0.1) is 11.3 Å². The van der Waals surface area contributed by atoms with Gasteiger partial charge in [0.05, 0.1) is 25.4 Å². The molecule has 1 unspecified atom stereocenters. The van der Waals surface area contributed by atoms with Crippen molar-refractivity contribution in [2.75, 3.05) is 33.8 Å².